The van der Waals surface area contributed by atoms with Crippen molar-refractivity contribution in [2.24, 2.45) is 11.3 Å². The summed E-state index contributed by atoms with van der Waals surface area (Å²) in [7, 11) is 0. The molecular weight excluding hydrogens is 168 g/mol. The molecule has 0 aromatic heterocycles. The number of carbonyl (C=O) groups excluding carboxylic acids is 2. The van der Waals surface area contributed by atoms with Crippen LogP contribution in [0.25, 0.3) is 0 Å². The van der Waals surface area contributed by atoms with Crippen molar-refractivity contribution in [3.8, 4) is 0 Å². The van der Waals surface area contributed by atoms with Crippen LogP contribution in [-0.2, 0) is 14.3 Å². The Morgan fingerprint density at radius 3 is 2.62 bits per heavy atom. The number of ether oxygens (including phenoxy) is 1. The van der Waals surface area contributed by atoms with Crippen LogP contribution >= 0.6 is 0 Å². The number of ketones is 1. The van der Waals surface area contributed by atoms with Gasteiger partial charge in [0.1, 0.15) is 11.2 Å². The van der Waals surface area contributed by atoms with Gasteiger partial charge in [0, 0.05) is 5.92 Å². The Kier molecular flexibility index (Phi) is 2.55. The summed E-state index contributed by atoms with van der Waals surface area (Å²) in [6.07, 6.45) is 2.21. The standard InChI is InChI=1S/C10H14O3/c1-4-8-6-10(8,7(3)11)9(12)13-5-2/h4,8H,1,5-6H2,2-3H3/t8?,10-/m0/s1. The van der Waals surface area contributed by atoms with Crippen LogP contribution in [0.1, 0.15) is 20.3 Å². The van der Waals surface area contributed by atoms with Gasteiger partial charge in [0.2, 0.25) is 0 Å². The molecule has 72 valence electrons. The van der Waals surface area contributed by atoms with Gasteiger partial charge in [-0.15, -0.1) is 6.58 Å². The monoisotopic (exact) mass is 182 g/mol. The lowest BCUT2D eigenvalue weighted by Crippen LogP contribution is -2.27. The number of hydrogen-bond donors (Lipinski definition) is 0. The maximum atomic E-state index is 11.4. The fraction of sp³-hybridized carbons (Fsp3) is 0.600. The summed E-state index contributed by atoms with van der Waals surface area (Å²) in [6.45, 7) is 7.06. The zero-order valence-corrected chi connectivity index (χ0v) is 8.00. The predicted molar refractivity (Wildman–Crippen MR) is 48.1 cm³/mol. The Morgan fingerprint density at radius 2 is 2.31 bits per heavy atom. The molecule has 1 saturated carbocycles. The van der Waals surface area contributed by atoms with Gasteiger partial charge in [0.25, 0.3) is 0 Å². The van der Waals surface area contributed by atoms with E-state index < -0.39 is 11.4 Å². The van der Waals surface area contributed by atoms with Crippen LogP contribution in [0, 0.1) is 11.3 Å². The Bertz CT molecular complexity index is 257. The molecule has 3 nitrogen and oxygen atoms in total. The lowest BCUT2D eigenvalue weighted by Gasteiger charge is -2.10. The summed E-state index contributed by atoms with van der Waals surface area (Å²) in [4.78, 5) is 22.7. The van der Waals surface area contributed by atoms with Crippen LogP contribution in [0.2, 0.25) is 0 Å². The summed E-state index contributed by atoms with van der Waals surface area (Å²) in [6, 6.07) is 0. The third kappa shape index (κ3) is 1.39. The van der Waals surface area contributed by atoms with Gasteiger partial charge in [-0.3, -0.25) is 9.59 Å². The van der Waals surface area contributed by atoms with Crippen LogP contribution < -0.4 is 0 Å². The van der Waals surface area contributed by atoms with Crippen molar-refractivity contribution in [2.45, 2.75) is 20.3 Å². The Labute approximate surface area is 77.8 Å². The van der Waals surface area contributed by atoms with Crippen molar-refractivity contribution in [1.82, 2.24) is 0 Å². The SMILES string of the molecule is C=CC1C[C@@]1(C(C)=O)C(=O)OCC. The van der Waals surface area contributed by atoms with Crippen LogP contribution in [0.3, 0.4) is 0 Å². The minimum absolute atomic E-state index is 0.0240. The number of esters is 1. The molecule has 0 amide bonds. The average Bonchev–Trinajstić information content (AvgIpc) is 2.79. The van der Waals surface area contributed by atoms with E-state index in [0.29, 0.717) is 13.0 Å². The van der Waals surface area contributed by atoms with E-state index in [2.05, 4.69) is 6.58 Å². The number of hydrogen-bond acceptors (Lipinski definition) is 3. The summed E-state index contributed by atoms with van der Waals surface area (Å²) < 4.78 is 4.86. The maximum absolute atomic E-state index is 11.4. The minimum atomic E-state index is -0.891. The molecule has 13 heavy (non-hydrogen) atoms. The predicted octanol–water partition coefficient (Wildman–Crippen LogP) is 1.33. The van der Waals surface area contributed by atoms with E-state index in [-0.39, 0.29) is 11.7 Å². The smallest absolute Gasteiger partial charge is 0.320 e. The average molecular weight is 182 g/mol. The third-order valence-electron chi connectivity index (χ3n) is 2.57. The maximum Gasteiger partial charge on any atom is 0.320 e. The first kappa shape index (κ1) is 9.96. The first-order chi connectivity index (χ1) is 6.09. The van der Waals surface area contributed by atoms with Crippen LogP contribution in [0.15, 0.2) is 12.7 Å². The second-order valence-corrected chi connectivity index (χ2v) is 3.29. The molecule has 0 radical (unpaired) electrons. The fourth-order valence-corrected chi connectivity index (χ4v) is 1.62. The largest absolute Gasteiger partial charge is 0.465 e. The van der Waals surface area contributed by atoms with E-state index in [0.717, 1.165) is 0 Å². The highest BCUT2D eigenvalue weighted by atomic mass is 16.5. The molecule has 0 N–H and O–H groups in total. The first-order valence-corrected chi connectivity index (χ1v) is 4.40. The van der Waals surface area contributed by atoms with Gasteiger partial charge in [-0.25, -0.2) is 0 Å². The molecule has 0 bridgehead atoms. The second-order valence-electron chi connectivity index (χ2n) is 3.29. The van der Waals surface area contributed by atoms with Gasteiger partial charge in [0.15, 0.2) is 0 Å². The van der Waals surface area contributed by atoms with Crippen molar-refractivity contribution >= 4 is 11.8 Å². The van der Waals surface area contributed by atoms with Gasteiger partial charge >= 0.3 is 5.97 Å². The highest BCUT2D eigenvalue weighted by Crippen LogP contribution is 2.54. The molecule has 0 saturated heterocycles. The van der Waals surface area contributed by atoms with Crippen molar-refractivity contribution < 1.29 is 14.3 Å². The highest BCUT2D eigenvalue weighted by Gasteiger charge is 2.63. The molecule has 0 aliphatic heterocycles. The number of Topliss-reactive ketones (excluding diaryl/α,β-unsaturated/α-hetero) is 1. The lowest BCUT2D eigenvalue weighted by atomic mass is 9.99. The molecule has 1 unspecified atom stereocenters. The lowest BCUT2D eigenvalue weighted by molar-refractivity contribution is -0.153. The Hall–Kier alpha value is -1.12. The van der Waals surface area contributed by atoms with Gasteiger partial charge in [-0.2, -0.15) is 0 Å². The molecule has 0 aromatic rings. The molecule has 1 rings (SSSR count). The van der Waals surface area contributed by atoms with Crippen molar-refractivity contribution in [1.29, 1.82) is 0 Å². The van der Waals surface area contributed by atoms with Crippen LogP contribution in [0.5, 0.6) is 0 Å². The summed E-state index contributed by atoms with van der Waals surface area (Å²) in [5.41, 5.74) is -0.891. The van der Waals surface area contributed by atoms with E-state index in [4.69, 9.17) is 4.74 Å². The molecule has 0 spiro atoms. The molecule has 0 heterocycles. The van der Waals surface area contributed by atoms with E-state index >= 15 is 0 Å². The normalized spacial score (nSPS) is 30.8. The van der Waals surface area contributed by atoms with Crippen molar-refractivity contribution in [3.05, 3.63) is 12.7 Å². The molecule has 1 aliphatic rings. The summed E-state index contributed by atoms with van der Waals surface area (Å²) in [5.74, 6) is -0.535. The number of carbonyl (C=O) groups is 2. The molecule has 1 fully saturated rings. The topological polar surface area (TPSA) is 43.4 Å². The number of allylic oxidation sites excluding steroid dienone is 1. The summed E-state index contributed by atoms with van der Waals surface area (Å²) >= 11 is 0. The van der Waals surface area contributed by atoms with Gasteiger partial charge in [-0.1, -0.05) is 6.08 Å². The number of rotatable bonds is 4. The van der Waals surface area contributed by atoms with E-state index in [9.17, 15) is 9.59 Å². The zero-order chi connectivity index (χ0) is 10.1. The van der Waals surface area contributed by atoms with Gasteiger partial charge in [-0.05, 0) is 20.3 Å². The van der Waals surface area contributed by atoms with E-state index in [1.807, 2.05) is 0 Å². The second kappa shape index (κ2) is 3.32. The fourth-order valence-electron chi connectivity index (χ4n) is 1.62. The van der Waals surface area contributed by atoms with Crippen LogP contribution in [-0.4, -0.2) is 18.4 Å². The van der Waals surface area contributed by atoms with Crippen molar-refractivity contribution in [3.63, 3.8) is 0 Å². The minimum Gasteiger partial charge on any atom is -0.465 e. The van der Waals surface area contributed by atoms with E-state index in [1.165, 1.54) is 6.92 Å². The molecular formula is C10H14O3. The van der Waals surface area contributed by atoms with Crippen molar-refractivity contribution in [2.75, 3.05) is 6.61 Å². The molecule has 2 atom stereocenters. The van der Waals surface area contributed by atoms with Gasteiger partial charge < -0.3 is 4.74 Å². The Balaban J connectivity index is 2.77. The third-order valence-corrected chi connectivity index (χ3v) is 2.57. The molecule has 0 aromatic carbocycles. The van der Waals surface area contributed by atoms with Gasteiger partial charge in [0.05, 0.1) is 6.61 Å². The van der Waals surface area contributed by atoms with Crippen LogP contribution in [0.4, 0.5) is 0 Å². The van der Waals surface area contributed by atoms with E-state index in [1.54, 1.807) is 13.0 Å². The zero-order valence-electron chi connectivity index (χ0n) is 8.00. The summed E-state index contributed by atoms with van der Waals surface area (Å²) in [5, 5.41) is 0. The molecule has 1 aliphatic carbocycles. The first-order valence-electron chi connectivity index (χ1n) is 4.40. The highest BCUT2D eigenvalue weighted by molar-refractivity contribution is 6.06. The molecule has 3 heteroatoms. The quantitative estimate of drug-likeness (QED) is 0.374. The Morgan fingerprint density at radius 1 is 1.69 bits per heavy atom.